The standard InChI is InChI=1S/C12H15NO3/c13-8-4-7-11(14)9-16-12(15)10-5-2-1-3-6-10/h1-3,5-6,8,11,13-14H,4,7,9H2/t11-/m0/s1. The lowest BCUT2D eigenvalue weighted by Gasteiger charge is -2.09. The Kier molecular flexibility index (Phi) is 5.22. The van der Waals surface area contributed by atoms with Crippen LogP contribution in [0, 0.1) is 5.41 Å². The highest BCUT2D eigenvalue weighted by Crippen LogP contribution is 2.03. The van der Waals surface area contributed by atoms with Crippen LogP contribution in [-0.4, -0.2) is 30.0 Å². The zero-order chi connectivity index (χ0) is 11.8. The summed E-state index contributed by atoms with van der Waals surface area (Å²) in [4.78, 5) is 11.4. The molecule has 0 aromatic heterocycles. The van der Waals surface area contributed by atoms with Gasteiger partial charge in [-0.3, -0.25) is 0 Å². The predicted octanol–water partition coefficient (Wildman–Crippen LogP) is 1.63. The monoisotopic (exact) mass is 221 g/mol. The van der Waals surface area contributed by atoms with E-state index < -0.39 is 12.1 Å². The number of aliphatic hydroxyl groups excluding tert-OH is 1. The quantitative estimate of drug-likeness (QED) is 0.566. The molecule has 0 bridgehead atoms. The van der Waals surface area contributed by atoms with Crippen molar-refractivity contribution in [2.45, 2.75) is 18.9 Å². The number of hydrogen-bond acceptors (Lipinski definition) is 4. The highest BCUT2D eigenvalue weighted by Gasteiger charge is 2.09. The molecule has 1 aromatic carbocycles. The van der Waals surface area contributed by atoms with Crippen LogP contribution in [0.25, 0.3) is 0 Å². The molecule has 1 rings (SSSR count). The molecule has 0 radical (unpaired) electrons. The van der Waals surface area contributed by atoms with E-state index in [-0.39, 0.29) is 6.61 Å². The molecule has 0 aliphatic carbocycles. The zero-order valence-corrected chi connectivity index (χ0v) is 8.93. The second-order valence-electron chi connectivity index (χ2n) is 3.40. The van der Waals surface area contributed by atoms with Crippen LogP contribution in [-0.2, 0) is 4.74 Å². The maximum Gasteiger partial charge on any atom is 0.338 e. The van der Waals surface area contributed by atoms with Crippen molar-refractivity contribution in [2.75, 3.05) is 6.61 Å². The maximum absolute atomic E-state index is 11.4. The van der Waals surface area contributed by atoms with Gasteiger partial charge in [-0.25, -0.2) is 4.79 Å². The smallest absolute Gasteiger partial charge is 0.338 e. The molecule has 86 valence electrons. The molecule has 0 fully saturated rings. The van der Waals surface area contributed by atoms with Crippen LogP contribution < -0.4 is 0 Å². The lowest BCUT2D eigenvalue weighted by atomic mass is 10.2. The number of ether oxygens (including phenoxy) is 1. The molecule has 0 saturated heterocycles. The fourth-order valence-corrected chi connectivity index (χ4v) is 1.19. The maximum atomic E-state index is 11.4. The summed E-state index contributed by atoms with van der Waals surface area (Å²) in [5.41, 5.74) is 0.474. The van der Waals surface area contributed by atoms with Crippen LogP contribution in [0.2, 0.25) is 0 Å². The van der Waals surface area contributed by atoms with Gasteiger partial charge in [0.05, 0.1) is 11.7 Å². The minimum atomic E-state index is -0.700. The van der Waals surface area contributed by atoms with Crippen LogP contribution in [0.5, 0.6) is 0 Å². The number of aliphatic hydroxyl groups is 1. The van der Waals surface area contributed by atoms with Crippen molar-refractivity contribution >= 4 is 12.2 Å². The van der Waals surface area contributed by atoms with E-state index in [9.17, 15) is 9.90 Å². The van der Waals surface area contributed by atoms with Crippen molar-refractivity contribution in [2.24, 2.45) is 0 Å². The Labute approximate surface area is 94.4 Å². The van der Waals surface area contributed by atoms with E-state index in [1.54, 1.807) is 24.3 Å². The third kappa shape index (κ3) is 4.23. The minimum Gasteiger partial charge on any atom is -0.459 e. The summed E-state index contributed by atoms with van der Waals surface area (Å²) in [6.45, 7) is -0.0262. The topological polar surface area (TPSA) is 70.4 Å². The van der Waals surface area contributed by atoms with E-state index in [4.69, 9.17) is 10.1 Å². The molecule has 4 nitrogen and oxygen atoms in total. The number of rotatable bonds is 6. The van der Waals surface area contributed by atoms with Crippen LogP contribution in [0.4, 0.5) is 0 Å². The molecule has 0 heterocycles. The molecule has 2 N–H and O–H groups in total. The minimum absolute atomic E-state index is 0.0262. The Hall–Kier alpha value is -1.68. The summed E-state index contributed by atoms with van der Waals surface area (Å²) in [6.07, 6.45) is 1.45. The molecule has 1 atom stereocenters. The molecule has 1 aromatic rings. The Balaban J connectivity index is 2.33. The highest BCUT2D eigenvalue weighted by molar-refractivity contribution is 5.89. The third-order valence-electron chi connectivity index (χ3n) is 2.06. The molecule has 4 heteroatoms. The van der Waals surface area contributed by atoms with Crippen LogP contribution in [0.3, 0.4) is 0 Å². The predicted molar refractivity (Wildman–Crippen MR) is 60.7 cm³/mol. The van der Waals surface area contributed by atoms with Gasteiger partial charge in [-0.2, -0.15) is 0 Å². The second-order valence-corrected chi connectivity index (χ2v) is 3.40. The van der Waals surface area contributed by atoms with Crippen LogP contribution in [0.1, 0.15) is 23.2 Å². The summed E-state index contributed by atoms with van der Waals surface area (Å²) in [7, 11) is 0. The summed E-state index contributed by atoms with van der Waals surface area (Å²) in [5.74, 6) is -0.436. The van der Waals surface area contributed by atoms with E-state index in [1.807, 2.05) is 6.07 Å². The molecular formula is C12H15NO3. The van der Waals surface area contributed by atoms with Gasteiger partial charge in [0.25, 0.3) is 0 Å². The Morgan fingerprint density at radius 3 is 2.75 bits per heavy atom. The summed E-state index contributed by atoms with van der Waals surface area (Å²) in [5, 5.41) is 16.2. The first kappa shape index (κ1) is 12.4. The molecule has 0 spiro atoms. The van der Waals surface area contributed by atoms with E-state index in [2.05, 4.69) is 0 Å². The lowest BCUT2D eigenvalue weighted by Crippen LogP contribution is -2.18. The van der Waals surface area contributed by atoms with E-state index in [1.165, 1.54) is 6.21 Å². The van der Waals surface area contributed by atoms with Gasteiger partial charge < -0.3 is 15.3 Å². The van der Waals surface area contributed by atoms with Gasteiger partial charge >= 0.3 is 5.97 Å². The van der Waals surface area contributed by atoms with Crippen molar-refractivity contribution in [3.8, 4) is 0 Å². The second kappa shape index (κ2) is 6.74. The number of hydrogen-bond donors (Lipinski definition) is 2. The first-order valence-corrected chi connectivity index (χ1v) is 5.13. The molecule has 0 saturated carbocycles. The molecule has 0 unspecified atom stereocenters. The van der Waals surface area contributed by atoms with Gasteiger partial charge in [-0.1, -0.05) is 18.2 Å². The van der Waals surface area contributed by atoms with Gasteiger partial charge in [0.2, 0.25) is 0 Å². The number of esters is 1. The Morgan fingerprint density at radius 2 is 2.12 bits per heavy atom. The molecule has 0 aliphatic heterocycles. The van der Waals surface area contributed by atoms with E-state index in [0.29, 0.717) is 18.4 Å². The lowest BCUT2D eigenvalue weighted by molar-refractivity contribution is 0.0244. The summed E-state index contributed by atoms with van der Waals surface area (Å²) >= 11 is 0. The van der Waals surface area contributed by atoms with E-state index >= 15 is 0 Å². The number of carbonyl (C=O) groups is 1. The van der Waals surface area contributed by atoms with Crippen molar-refractivity contribution in [1.82, 2.24) is 0 Å². The third-order valence-corrected chi connectivity index (χ3v) is 2.06. The Morgan fingerprint density at radius 1 is 1.44 bits per heavy atom. The van der Waals surface area contributed by atoms with E-state index in [0.717, 1.165) is 0 Å². The SMILES string of the molecule is N=CCC[C@H](O)COC(=O)c1ccccc1. The van der Waals surface area contributed by atoms with Gasteiger partial charge in [-0.05, 0) is 31.2 Å². The average molecular weight is 221 g/mol. The van der Waals surface area contributed by atoms with Crippen molar-refractivity contribution < 1.29 is 14.6 Å². The first-order chi connectivity index (χ1) is 7.74. The highest BCUT2D eigenvalue weighted by atomic mass is 16.5. The normalized spacial score (nSPS) is 11.8. The fourth-order valence-electron chi connectivity index (χ4n) is 1.19. The van der Waals surface area contributed by atoms with Crippen LogP contribution >= 0.6 is 0 Å². The zero-order valence-electron chi connectivity index (χ0n) is 8.93. The molecular weight excluding hydrogens is 206 g/mol. The van der Waals surface area contributed by atoms with Crippen molar-refractivity contribution in [3.63, 3.8) is 0 Å². The average Bonchev–Trinajstić information content (AvgIpc) is 2.34. The number of benzene rings is 1. The summed E-state index contributed by atoms with van der Waals surface area (Å²) in [6, 6.07) is 8.64. The van der Waals surface area contributed by atoms with Gasteiger partial charge in [-0.15, -0.1) is 0 Å². The largest absolute Gasteiger partial charge is 0.459 e. The van der Waals surface area contributed by atoms with Crippen molar-refractivity contribution in [3.05, 3.63) is 35.9 Å². The van der Waals surface area contributed by atoms with Crippen LogP contribution in [0.15, 0.2) is 30.3 Å². The van der Waals surface area contributed by atoms with Gasteiger partial charge in [0.1, 0.15) is 6.61 Å². The summed E-state index contributed by atoms with van der Waals surface area (Å²) < 4.78 is 4.92. The number of carbonyl (C=O) groups excluding carboxylic acids is 1. The molecule has 0 aliphatic rings. The Bertz CT molecular complexity index is 337. The first-order valence-electron chi connectivity index (χ1n) is 5.13. The van der Waals surface area contributed by atoms with Gasteiger partial charge in [0, 0.05) is 0 Å². The molecule has 0 amide bonds. The van der Waals surface area contributed by atoms with Crippen molar-refractivity contribution in [1.29, 1.82) is 5.41 Å². The number of nitrogens with one attached hydrogen (secondary N) is 1. The van der Waals surface area contributed by atoms with Gasteiger partial charge in [0.15, 0.2) is 0 Å². The molecule has 16 heavy (non-hydrogen) atoms. The fraction of sp³-hybridized carbons (Fsp3) is 0.333.